The summed E-state index contributed by atoms with van der Waals surface area (Å²) in [4.78, 5) is 33.3. The fraction of sp³-hybridized carbons (Fsp3) is 0.0588. The van der Waals surface area contributed by atoms with E-state index in [1.165, 1.54) is 31.3 Å². The van der Waals surface area contributed by atoms with Gasteiger partial charge in [0.2, 0.25) is 0 Å². The van der Waals surface area contributed by atoms with Crippen molar-refractivity contribution in [3.8, 4) is 11.5 Å². The van der Waals surface area contributed by atoms with Gasteiger partial charge in [0.1, 0.15) is 11.3 Å². The molecule has 2 heterocycles. The van der Waals surface area contributed by atoms with Crippen molar-refractivity contribution in [3.05, 3.63) is 65.2 Å². The zero-order chi connectivity index (χ0) is 18.7. The molecule has 1 aromatic carbocycles. The van der Waals surface area contributed by atoms with Gasteiger partial charge in [0.15, 0.2) is 17.2 Å². The Morgan fingerprint density at radius 3 is 2.85 bits per heavy atom. The predicted octanol–water partition coefficient (Wildman–Crippen LogP) is 3.33. The summed E-state index contributed by atoms with van der Waals surface area (Å²) in [5, 5.41) is 2.25. The smallest absolute Gasteiger partial charge is 0.416 e. The Hall–Kier alpha value is -3.75. The van der Waals surface area contributed by atoms with Crippen LogP contribution in [-0.2, 0) is 4.74 Å². The van der Waals surface area contributed by atoms with Gasteiger partial charge in [-0.25, -0.2) is 19.2 Å². The number of pyridine rings is 1. The lowest BCUT2D eigenvalue weighted by atomic mass is 10.3. The second-order valence-corrected chi connectivity index (χ2v) is 5.21. The van der Waals surface area contributed by atoms with Gasteiger partial charge in [-0.05, 0) is 19.1 Å². The van der Waals surface area contributed by atoms with Crippen LogP contribution in [0.3, 0.4) is 0 Å². The third kappa shape index (κ3) is 3.83. The Morgan fingerprint density at radius 1 is 1.31 bits per heavy atom. The topological polar surface area (TPSA) is 106 Å². The van der Waals surface area contributed by atoms with Crippen LogP contribution >= 0.6 is 0 Å². The second kappa shape index (κ2) is 7.01. The molecule has 2 N–H and O–H groups in total. The highest BCUT2D eigenvalue weighted by molar-refractivity contribution is 5.85. The number of aromatic nitrogens is 3. The number of amides is 1. The molecule has 0 bridgehead atoms. The van der Waals surface area contributed by atoms with Crippen molar-refractivity contribution < 1.29 is 18.7 Å². The average molecular weight is 356 g/mol. The molecule has 132 valence electrons. The SMILES string of the molecule is C=C(C)OC(=O)Nc1ccc(Oc2ccnc3[nH]c(=O)cnc23)cc1F. The van der Waals surface area contributed by atoms with E-state index in [1.807, 2.05) is 0 Å². The molecule has 26 heavy (non-hydrogen) atoms. The lowest BCUT2D eigenvalue weighted by Gasteiger charge is -2.10. The number of nitrogens with one attached hydrogen (secondary N) is 2. The van der Waals surface area contributed by atoms with Crippen molar-refractivity contribution in [2.75, 3.05) is 5.32 Å². The molecular weight excluding hydrogens is 343 g/mol. The molecule has 0 atom stereocenters. The van der Waals surface area contributed by atoms with Crippen LogP contribution in [0.4, 0.5) is 14.9 Å². The Morgan fingerprint density at radius 2 is 2.12 bits per heavy atom. The highest BCUT2D eigenvalue weighted by Gasteiger charge is 2.11. The molecule has 0 aliphatic heterocycles. The van der Waals surface area contributed by atoms with Crippen molar-refractivity contribution in [1.29, 1.82) is 0 Å². The van der Waals surface area contributed by atoms with E-state index in [9.17, 15) is 14.0 Å². The van der Waals surface area contributed by atoms with E-state index in [0.717, 1.165) is 12.3 Å². The second-order valence-electron chi connectivity index (χ2n) is 5.21. The monoisotopic (exact) mass is 356 g/mol. The summed E-state index contributed by atoms with van der Waals surface area (Å²) in [6, 6.07) is 5.40. The van der Waals surface area contributed by atoms with Crippen molar-refractivity contribution in [2.45, 2.75) is 6.92 Å². The summed E-state index contributed by atoms with van der Waals surface area (Å²) in [7, 11) is 0. The van der Waals surface area contributed by atoms with Gasteiger partial charge in [0.25, 0.3) is 5.56 Å². The van der Waals surface area contributed by atoms with E-state index in [-0.39, 0.29) is 28.6 Å². The number of allylic oxidation sites excluding steroid dienone is 1. The highest BCUT2D eigenvalue weighted by Crippen LogP contribution is 2.28. The molecule has 0 spiro atoms. The lowest BCUT2D eigenvalue weighted by molar-refractivity contribution is 0.192. The number of hydrogen-bond acceptors (Lipinski definition) is 6. The number of halogens is 1. The Labute approximate surface area is 146 Å². The minimum atomic E-state index is -0.849. The molecule has 0 aliphatic rings. The minimum Gasteiger partial charge on any atom is -0.455 e. The molecule has 0 unspecified atom stereocenters. The van der Waals surface area contributed by atoms with Crippen LogP contribution in [0.1, 0.15) is 6.92 Å². The van der Waals surface area contributed by atoms with Crippen LogP contribution in [-0.4, -0.2) is 21.0 Å². The zero-order valence-electron chi connectivity index (χ0n) is 13.6. The predicted molar refractivity (Wildman–Crippen MR) is 91.6 cm³/mol. The number of benzene rings is 1. The Bertz CT molecular complexity index is 1060. The van der Waals surface area contributed by atoms with Crippen LogP contribution in [0.25, 0.3) is 11.2 Å². The lowest BCUT2D eigenvalue weighted by Crippen LogP contribution is -2.13. The van der Waals surface area contributed by atoms with Crippen molar-refractivity contribution in [3.63, 3.8) is 0 Å². The number of carbonyl (C=O) groups excluding carboxylic acids is 1. The highest BCUT2D eigenvalue weighted by atomic mass is 19.1. The largest absolute Gasteiger partial charge is 0.455 e. The first kappa shape index (κ1) is 17.1. The normalized spacial score (nSPS) is 10.4. The van der Waals surface area contributed by atoms with E-state index in [4.69, 9.17) is 9.47 Å². The first-order chi connectivity index (χ1) is 12.4. The number of H-pyrrole nitrogens is 1. The molecule has 0 saturated heterocycles. The maximum absolute atomic E-state index is 14.2. The van der Waals surface area contributed by atoms with Crippen LogP contribution < -0.4 is 15.6 Å². The molecule has 2 aromatic heterocycles. The average Bonchev–Trinajstić information content (AvgIpc) is 2.56. The van der Waals surface area contributed by atoms with Crippen LogP contribution in [0.2, 0.25) is 0 Å². The number of aromatic amines is 1. The fourth-order valence-electron chi connectivity index (χ4n) is 2.09. The number of hydrogen-bond donors (Lipinski definition) is 2. The summed E-state index contributed by atoms with van der Waals surface area (Å²) in [5.74, 6) is -0.0891. The fourth-order valence-corrected chi connectivity index (χ4v) is 2.09. The Balaban J connectivity index is 1.83. The summed E-state index contributed by atoms with van der Waals surface area (Å²) >= 11 is 0. The van der Waals surface area contributed by atoms with E-state index < -0.39 is 17.5 Å². The van der Waals surface area contributed by atoms with E-state index in [1.54, 1.807) is 0 Å². The molecule has 3 rings (SSSR count). The van der Waals surface area contributed by atoms with Crippen molar-refractivity contribution in [1.82, 2.24) is 15.0 Å². The van der Waals surface area contributed by atoms with Crippen molar-refractivity contribution in [2.24, 2.45) is 0 Å². The maximum atomic E-state index is 14.2. The molecule has 9 heteroatoms. The molecule has 0 radical (unpaired) electrons. The van der Waals surface area contributed by atoms with Gasteiger partial charge in [-0.1, -0.05) is 6.58 Å². The minimum absolute atomic E-state index is 0.0781. The maximum Gasteiger partial charge on any atom is 0.416 e. The standard InChI is InChI=1S/C17H13FN4O4/c1-9(2)25-17(24)21-12-4-3-10(7-11(12)18)26-13-5-6-19-16-15(13)20-8-14(23)22-16/h3-8H,1H2,2H3,(H,21,24)(H,19,22,23). The van der Waals surface area contributed by atoms with Gasteiger partial charge in [-0.2, -0.15) is 0 Å². The summed E-state index contributed by atoms with van der Waals surface area (Å²) in [5.41, 5.74) is 0.0898. The van der Waals surface area contributed by atoms with Crippen molar-refractivity contribution >= 4 is 22.9 Å². The summed E-state index contributed by atoms with van der Waals surface area (Å²) in [6.45, 7) is 4.91. The van der Waals surface area contributed by atoms with Crippen LogP contribution in [0.15, 0.2) is 53.8 Å². The van der Waals surface area contributed by atoms with Gasteiger partial charge in [0, 0.05) is 18.3 Å². The van der Waals surface area contributed by atoms with Gasteiger partial charge < -0.3 is 14.5 Å². The molecule has 0 aliphatic carbocycles. The third-order valence-corrected chi connectivity index (χ3v) is 3.11. The molecule has 3 aromatic rings. The van der Waals surface area contributed by atoms with E-state index in [2.05, 4.69) is 26.8 Å². The molecule has 0 saturated carbocycles. The first-order valence-electron chi connectivity index (χ1n) is 7.38. The molecule has 8 nitrogen and oxygen atoms in total. The first-order valence-corrected chi connectivity index (χ1v) is 7.38. The van der Waals surface area contributed by atoms with Crippen LogP contribution in [0, 0.1) is 5.82 Å². The molecule has 0 fully saturated rings. The number of ether oxygens (including phenoxy) is 2. The Kier molecular flexibility index (Phi) is 4.61. The van der Waals surface area contributed by atoms with Gasteiger partial charge >= 0.3 is 6.09 Å². The number of anilines is 1. The number of fused-ring (bicyclic) bond motifs is 1. The summed E-state index contributed by atoms with van der Waals surface area (Å²) < 4.78 is 24.5. The quantitative estimate of drug-likeness (QED) is 0.695. The van der Waals surface area contributed by atoms with Gasteiger partial charge in [0.05, 0.1) is 17.6 Å². The summed E-state index contributed by atoms with van der Waals surface area (Å²) in [6.07, 6.45) is 1.67. The zero-order valence-corrected chi connectivity index (χ0v) is 13.6. The van der Waals surface area contributed by atoms with Gasteiger partial charge in [-0.15, -0.1) is 0 Å². The van der Waals surface area contributed by atoms with Crippen LogP contribution in [0.5, 0.6) is 11.5 Å². The van der Waals surface area contributed by atoms with E-state index in [0.29, 0.717) is 5.52 Å². The van der Waals surface area contributed by atoms with E-state index >= 15 is 0 Å². The number of nitrogens with zero attached hydrogens (tertiary/aromatic N) is 2. The third-order valence-electron chi connectivity index (χ3n) is 3.11. The molecular formula is C17H13FN4O4. The number of carbonyl (C=O) groups is 1. The molecule has 1 amide bonds. The van der Waals surface area contributed by atoms with Gasteiger partial charge in [-0.3, -0.25) is 10.1 Å². The number of rotatable bonds is 4.